The molecule has 41 heavy (non-hydrogen) atoms. The first kappa shape index (κ1) is 33.5. The van der Waals surface area contributed by atoms with Gasteiger partial charge in [-0.05, 0) is 101 Å². The van der Waals surface area contributed by atoms with E-state index >= 15 is 0 Å². The van der Waals surface area contributed by atoms with Crippen molar-refractivity contribution in [3.63, 3.8) is 0 Å². The third kappa shape index (κ3) is 8.08. The molecule has 2 heterocycles. The highest BCUT2D eigenvalue weighted by atomic mass is 16.6. The third-order valence-electron chi connectivity index (χ3n) is 9.62. The first-order valence-corrected chi connectivity index (χ1v) is 15.9. The number of hydrogen-bond acceptors (Lipinski definition) is 7. The normalized spacial score (nSPS) is 35.4. The Bertz CT molecular complexity index is 963. The molecule has 2 saturated heterocycles. The van der Waals surface area contributed by atoms with E-state index in [0.29, 0.717) is 38.0 Å². The Labute approximate surface area is 246 Å². The minimum Gasteiger partial charge on any atom is -0.456 e. The summed E-state index contributed by atoms with van der Waals surface area (Å²) in [7, 11) is 0. The van der Waals surface area contributed by atoms with E-state index in [1.165, 1.54) is 4.90 Å². The van der Waals surface area contributed by atoms with Gasteiger partial charge in [0.1, 0.15) is 12.1 Å². The Morgan fingerprint density at radius 3 is 2.51 bits per heavy atom. The van der Waals surface area contributed by atoms with E-state index in [1.807, 2.05) is 26.8 Å². The number of carbonyl (C=O) groups is 3. The van der Waals surface area contributed by atoms with Gasteiger partial charge in [-0.1, -0.05) is 39.8 Å². The number of carbonyl (C=O) groups excluding carboxylic acids is 3. The molecule has 0 bridgehead atoms. The average molecular weight is 576 g/mol. The first-order chi connectivity index (χ1) is 19.4. The minimum absolute atomic E-state index is 0.159. The molecule has 0 aromatic rings. The Kier molecular flexibility index (Phi) is 12.2. The summed E-state index contributed by atoms with van der Waals surface area (Å²) in [6, 6.07) is -0.886. The Morgan fingerprint density at radius 1 is 1.12 bits per heavy atom. The summed E-state index contributed by atoms with van der Waals surface area (Å²) in [6.45, 7) is 13.8. The number of unbranched alkanes of at least 4 members (excludes halogenated alkanes) is 1. The lowest BCUT2D eigenvalue weighted by Gasteiger charge is -2.44. The quantitative estimate of drug-likeness (QED) is 0.152. The van der Waals surface area contributed by atoms with Crippen LogP contribution in [0.4, 0.5) is 0 Å². The van der Waals surface area contributed by atoms with Crippen LogP contribution in [0.3, 0.4) is 0 Å². The number of amides is 1. The molecule has 0 aromatic heterocycles. The maximum atomic E-state index is 13.6. The van der Waals surface area contributed by atoms with Crippen LogP contribution in [0.1, 0.15) is 105 Å². The van der Waals surface area contributed by atoms with Crippen molar-refractivity contribution in [2.45, 2.75) is 135 Å². The molecular weight excluding hydrogens is 522 g/mol. The van der Waals surface area contributed by atoms with E-state index in [4.69, 9.17) is 9.47 Å². The molecule has 2 aliphatic heterocycles. The molecule has 2 N–H and O–H groups in total. The zero-order valence-electron chi connectivity index (χ0n) is 25.8. The fourth-order valence-electron chi connectivity index (χ4n) is 6.90. The summed E-state index contributed by atoms with van der Waals surface area (Å²) in [5.41, 5.74) is 0.972. The highest BCUT2D eigenvalue weighted by Crippen LogP contribution is 2.38. The molecule has 0 spiro atoms. The van der Waals surface area contributed by atoms with Crippen LogP contribution in [-0.2, 0) is 23.9 Å². The molecule has 8 heteroatoms. The second kappa shape index (κ2) is 14.9. The molecule has 3 aliphatic rings. The molecule has 1 aliphatic carbocycles. The van der Waals surface area contributed by atoms with Crippen molar-refractivity contribution in [3.8, 4) is 0 Å². The molecule has 8 nitrogen and oxygen atoms in total. The molecule has 0 aromatic carbocycles. The lowest BCUT2D eigenvalue weighted by molar-refractivity contribution is -0.274. The zero-order valence-corrected chi connectivity index (χ0v) is 25.8. The molecule has 9 atom stereocenters. The van der Waals surface area contributed by atoms with Gasteiger partial charge in [0, 0.05) is 12.5 Å². The van der Waals surface area contributed by atoms with Gasteiger partial charge >= 0.3 is 5.97 Å². The van der Waals surface area contributed by atoms with Crippen LogP contribution < -0.4 is 0 Å². The Morgan fingerprint density at radius 2 is 1.85 bits per heavy atom. The van der Waals surface area contributed by atoms with Gasteiger partial charge in [-0.15, -0.1) is 6.58 Å². The van der Waals surface area contributed by atoms with Crippen molar-refractivity contribution in [2.24, 2.45) is 23.7 Å². The summed E-state index contributed by atoms with van der Waals surface area (Å²) in [5.74, 6) is -4.44. The fraction of sp³-hybridized carbons (Fsp3) is 0.788. The van der Waals surface area contributed by atoms with Crippen molar-refractivity contribution >= 4 is 17.7 Å². The number of hydrogen-bond donors (Lipinski definition) is 2. The smallest absolute Gasteiger partial charge is 0.329 e. The van der Waals surface area contributed by atoms with Crippen molar-refractivity contribution in [3.05, 3.63) is 24.3 Å². The summed E-state index contributed by atoms with van der Waals surface area (Å²) < 4.78 is 12.0. The molecule has 3 rings (SSSR count). The van der Waals surface area contributed by atoms with E-state index in [9.17, 15) is 24.6 Å². The van der Waals surface area contributed by atoms with Crippen LogP contribution in [0.25, 0.3) is 0 Å². The number of aliphatic hydroxyl groups is 2. The zero-order chi connectivity index (χ0) is 30.3. The van der Waals surface area contributed by atoms with Crippen molar-refractivity contribution in [2.75, 3.05) is 6.54 Å². The third-order valence-corrected chi connectivity index (χ3v) is 9.62. The first-order valence-electron chi connectivity index (χ1n) is 15.9. The minimum atomic E-state index is -2.20. The van der Waals surface area contributed by atoms with Crippen LogP contribution in [0.15, 0.2) is 24.3 Å². The van der Waals surface area contributed by atoms with Gasteiger partial charge in [-0.2, -0.15) is 0 Å². The predicted octanol–water partition coefficient (Wildman–Crippen LogP) is 5.11. The highest BCUT2D eigenvalue weighted by Gasteiger charge is 2.53. The predicted molar refractivity (Wildman–Crippen MR) is 158 cm³/mol. The van der Waals surface area contributed by atoms with Gasteiger partial charge in [0.2, 0.25) is 5.79 Å². The van der Waals surface area contributed by atoms with Gasteiger partial charge in [-0.25, -0.2) is 4.79 Å². The van der Waals surface area contributed by atoms with E-state index in [1.54, 1.807) is 6.92 Å². The van der Waals surface area contributed by atoms with Gasteiger partial charge in [0.25, 0.3) is 11.7 Å². The van der Waals surface area contributed by atoms with Gasteiger partial charge in [0.05, 0.1) is 12.2 Å². The highest BCUT2D eigenvalue weighted by molar-refractivity contribution is 6.39. The Hall–Kier alpha value is -2.03. The van der Waals surface area contributed by atoms with Gasteiger partial charge in [0.15, 0.2) is 0 Å². The van der Waals surface area contributed by atoms with Crippen LogP contribution in [0.2, 0.25) is 0 Å². The topological polar surface area (TPSA) is 113 Å². The summed E-state index contributed by atoms with van der Waals surface area (Å²) in [5, 5.41) is 21.4. The lowest BCUT2D eigenvalue weighted by atomic mass is 9.79. The van der Waals surface area contributed by atoms with Crippen LogP contribution >= 0.6 is 0 Å². The molecule has 1 unspecified atom stereocenters. The monoisotopic (exact) mass is 575 g/mol. The number of esters is 1. The number of aliphatic hydroxyl groups excluding tert-OH is 1. The van der Waals surface area contributed by atoms with Crippen LogP contribution in [-0.4, -0.2) is 69.5 Å². The standard InChI is InChI=1S/C33H53NO7/c1-7-9-10-14-29(23(5)20-25-15-16-27(35)21(3)19-25)40-32(38)26-13-11-12-17-34(26)31(37)30(36)33(39)24(6)18-22(4)28(8-2)41-33/h7,20-22,24-29,35,39H,1,8-19H2,2-6H3/b23-20+/t21-,22+,24-,25-,26+,27-,28?,29+,33-/m1/s1. The number of rotatable bonds is 11. The number of likely N-dealkylation sites (tertiary alicyclic amines) is 1. The number of ketones is 1. The van der Waals surface area contributed by atoms with Crippen LogP contribution in [0, 0.1) is 23.7 Å². The van der Waals surface area contributed by atoms with Crippen molar-refractivity contribution < 1.29 is 34.1 Å². The maximum absolute atomic E-state index is 13.6. The second-order valence-corrected chi connectivity index (χ2v) is 12.9. The fourth-order valence-corrected chi connectivity index (χ4v) is 6.90. The van der Waals surface area contributed by atoms with E-state index < -0.39 is 41.5 Å². The van der Waals surface area contributed by atoms with E-state index in [2.05, 4.69) is 19.6 Å². The number of allylic oxidation sites excluding steroid dienone is 2. The van der Waals surface area contributed by atoms with Crippen LogP contribution in [0.5, 0.6) is 0 Å². The van der Waals surface area contributed by atoms with Gasteiger partial charge in [-0.3, -0.25) is 9.59 Å². The Balaban J connectivity index is 1.76. The van der Waals surface area contributed by atoms with Gasteiger partial charge < -0.3 is 24.6 Å². The number of nitrogens with zero attached hydrogens (tertiary/aromatic N) is 1. The molecule has 1 saturated carbocycles. The van der Waals surface area contributed by atoms with E-state index in [-0.39, 0.29) is 30.6 Å². The molecule has 0 radical (unpaired) electrons. The largest absolute Gasteiger partial charge is 0.456 e. The summed E-state index contributed by atoms with van der Waals surface area (Å²) in [6.07, 6.45) is 10.8. The lowest BCUT2D eigenvalue weighted by Crippen LogP contribution is -2.61. The maximum Gasteiger partial charge on any atom is 0.329 e. The van der Waals surface area contributed by atoms with E-state index in [0.717, 1.165) is 44.1 Å². The number of ether oxygens (including phenoxy) is 2. The van der Waals surface area contributed by atoms with Crippen molar-refractivity contribution in [1.29, 1.82) is 0 Å². The summed E-state index contributed by atoms with van der Waals surface area (Å²) >= 11 is 0. The van der Waals surface area contributed by atoms with Crippen molar-refractivity contribution in [1.82, 2.24) is 4.90 Å². The molecular formula is C33H53NO7. The molecule has 232 valence electrons. The number of piperidine rings is 1. The number of Topliss-reactive ketones (excluding diaryl/α,β-unsaturated/α-hetero) is 1. The average Bonchev–Trinajstić information content (AvgIpc) is 2.95. The second-order valence-electron chi connectivity index (χ2n) is 12.9. The SMILES string of the molecule is C=CCCC[C@H](OC(=O)[C@@H]1CCCCN1C(=O)C(=O)[C@]1(O)OC(CC)[C@@H](C)C[C@H]1C)/C(C)=C/[C@@H]1CC[C@@H](O)[C@H](C)C1. The molecule has 3 fully saturated rings. The summed E-state index contributed by atoms with van der Waals surface area (Å²) in [4.78, 5) is 42.0. The molecule has 1 amide bonds.